The van der Waals surface area contributed by atoms with E-state index in [1.54, 1.807) is 0 Å². The van der Waals surface area contributed by atoms with Crippen molar-refractivity contribution in [1.82, 2.24) is 14.1 Å². The molecule has 10 aromatic carbocycles. The van der Waals surface area contributed by atoms with Crippen molar-refractivity contribution in [2.24, 2.45) is 0 Å². The summed E-state index contributed by atoms with van der Waals surface area (Å²) in [7, 11) is 0. The van der Waals surface area contributed by atoms with Gasteiger partial charge in [0.2, 0.25) is 0 Å². The molecule has 4 heteroatoms. The molecule has 0 aliphatic heterocycles. The van der Waals surface area contributed by atoms with Crippen LogP contribution in [0.3, 0.4) is 0 Å². The highest BCUT2D eigenvalue weighted by Crippen LogP contribution is 2.57. The SMILES string of the molecule is c1ccc(-n2ccc3c2ccc2c4cc(-c5ccc(N(c6ccc(-c7ccncc7)cc6)c6ccc7c(c6)C(c6ccccc6)(c6ccccc6)c6ccccc6-7)cc5)ccc4n(-c4ccccc4)c23)cc1. The van der Waals surface area contributed by atoms with E-state index in [1.165, 1.54) is 71.7 Å². The molecule has 3 heterocycles. The van der Waals surface area contributed by atoms with Crippen LogP contribution in [-0.4, -0.2) is 14.1 Å². The third-order valence-corrected chi connectivity index (χ3v) is 14.9. The second-order valence-corrected chi connectivity index (χ2v) is 18.7. The van der Waals surface area contributed by atoms with E-state index in [2.05, 4.69) is 286 Å². The molecular formula is C68H46N4. The lowest BCUT2D eigenvalue weighted by Crippen LogP contribution is -2.28. The lowest BCUT2D eigenvalue weighted by Gasteiger charge is -2.35. The summed E-state index contributed by atoms with van der Waals surface area (Å²) in [4.78, 5) is 6.69. The van der Waals surface area contributed by atoms with Gasteiger partial charge in [0, 0.05) is 63.2 Å². The van der Waals surface area contributed by atoms with Crippen LogP contribution in [0.2, 0.25) is 0 Å². The predicted octanol–water partition coefficient (Wildman–Crippen LogP) is 17.3. The van der Waals surface area contributed by atoms with Crippen molar-refractivity contribution >= 4 is 49.8 Å². The molecule has 338 valence electrons. The van der Waals surface area contributed by atoms with Gasteiger partial charge in [0.15, 0.2) is 0 Å². The van der Waals surface area contributed by atoms with Crippen molar-refractivity contribution in [2.45, 2.75) is 5.41 Å². The van der Waals surface area contributed by atoms with Gasteiger partial charge >= 0.3 is 0 Å². The second kappa shape index (κ2) is 16.9. The van der Waals surface area contributed by atoms with Gasteiger partial charge < -0.3 is 14.0 Å². The van der Waals surface area contributed by atoms with Crippen LogP contribution >= 0.6 is 0 Å². The topological polar surface area (TPSA) is 26.0 Å². The zero-order chi connectivity index (χ0) is 47.6. The molecule has 3 aromatic heterocycles. The zero-order valence-corrected chi connectivity index (χ0v) is 39.3. The van der Waals surface area contributed by atoms with E-state index in [9.17, 15) is 0 Å². The maximum atomic E-state index is 4.28. The fraction of sp³-hybridized carbons (Fsp3) is 0.0147. The Morgan fingerprint density at radius 2 is 0.875 bits per heavy atom. The van der Waals surface area contributed by atoms with Gasteiger partial charge in [0.25, 0.3) is 0 Å². The van der Waals surface area contributed by atoms with Gasteiger partial charge in [0.1, 0.15) is 0 Å². The number of pyridine rings is 1. The molecule has 14 rings (SSSR count). The lowest BCUT2D eigenvalue weighted by molar-refractivity contribution is 0.768. The minimum absolute atomic E-state index is 0.523. The molecule has 0 radical (unpaired) electrons. The first-order chi connectivity index (χ1) is 35.7. The van der Waals surface area contributed by atoms with E-state index in [1.807, 2.05) is 12.4 Å². The summed E-state index contributed by atoms with van der Waals surface area (Å²) < 4.78 is 4.73. The molecule has 0 atom stereocenters. The summed E-state index contributed by atoms with van der Waals surface area (Å²) in [5.41, 5.74) is 20.8. The molecule has 0 fully saturated rings. The number of para-hydroxylation sites is 2. The molecule has 72 heavy (non-hydrogen) atoms. The Bertz CT molecular complexity index is 4070. The van der Waals surface area contributed by atoms with Gasteiger partial charge in [-0.15, -0.1) is 0 Å². The molecule has 0 saturated carbocycles. The molecule has 4 nitrogen and oxygen atoms in total. The van der Waals surface area contributed by atoms with Crippen molar-refractivity contribution in [3.8, 4) is 44.8 Å². The predicted molar refractivity (Wildman–Crippen MR) is 298 cm³/mol. The molecule has 0 saturated heterocycles. The van der Waals surface area contributed by atoms with Crippen LogP contribution in [0.15, 0.2) is 279 Å². The molecule has 13 aromatic rings. The Labute approximate surface area is 418 Å². The summed E-state index contributed by atoms with van der Waals surface area (Å²) in [6.45, 7) is 0. The summed E-state index contributed by atoms with van der Waals surface area (Å²) in [6.07, 6.45) is 5.91. The lowest BCUT2D eigenvalue weighted by atomic mass is 9.67. The van der Waals surface area contributed by atoms with Crippen molar-refractivity contribution in [1.29, 1.82) is 0 Å². The molecule has 0 N–H and O–H groups in total. The third kappa shape index (κ3) is 6.50. The minimum atomic E-state index is -0.523. The van der Waals surface area contributed by atoms with Gasteiger partial charge in [-0.1, -0.05) is 164 Å². The van der Waals surface area contributed by atoms with E-state index < -0.39 is 5.41 Å². The fourth-order valence-corrected chi connectivity index (χ4v) is 11.7. The van der Waals surface area contributed by atoms with Crippen LogP contribution in [-0.2, 0) is 5.41 Å². The first kappa shape index (κ1) is 41.5. The largest absolute Gasteiger partial charge is 0.316 e. The van der Waals surface area contributed by atoms with E-state index in [4.69, 9.17) is 0 Å². The third-order valence-electron chi connectivity index (χ3n) is 14.9. The average Bonchev–Trinajstić information content (AvgIpc) is 4.14. The molecule has 0 bridgehead atoms. The van der Waals surface area contributed by atoms with E-state index in [0.29, 0.717) is 0 Å². The van der Waals surface area contributed by atoms with Crippen LogP contribution in [0.5, 0.6) is 0 Å². The Morgan fingerprint density at radius 3 is 1.54 bits per heavy atom. The Morgan fingerprint density at radius 1 is 0.347 bits per heavy atom. The summed E-state index contributed by atoms with van der Waals surface area (Å²) in [5.74, 6) is 0. The number of hydrogen-bond donors (Lipinski definition) is 0. The molecule has 1 aliphatic carbocycles. The van der Waals surface area contributed by atoms with Gasteiger partial charge in [-0.3, -0.25) is 4.98 Å². The van der Waals surface area contributed by atoms with E-state index in [0.717, 1.165) is 45.1 Å². The van der Waals surface area contributed by atoms with E-state index in [-0.39, 0.29) is 0 Å². The molecule has 1 aliphatic rings. The standard InChI is InChI=1S/C68H46N4/c1-5-15-51(16-6-1)68(52-17-7-2-8-18-52)63-24-14-13-23-58(63)59-35-34-57(46-64(59)68)71(55-30-25-47(26-31-55)49-39-42-69-43-40-49)56-32-27-48(28-33-56)50-29-37-66-62(45-50)60-36-38-65-61(41-44-70(65)53-19-9-3-10-20-53)67(60)72(66)54-21-11-4-12-22-54/h1-46H. The summed E-state index contributed by atoms with van der Waals surface area (Å²) >= 11 is 0. The minimum Gasteiger partial charge on any atom is -0.316 e. The highest BCUT2D eigenvalue weighted by atomic mass is 15.1. The van der Waals surface area contributed by atoms with Crippen LogP contribution in [0.4, 0.5) is 17.1 Å². The number of aromatic nitrogens is 3. The van der Waals surface area contributed by atoms with Crippen LogP contribution < -0.4 is 4.90 Å². The smallest absolute Gasteiger partial charge is 0.0714 e. The number of fused-ring (bicyclic) bond motifs is 8. The fourth-order valence-electron chi connectivity index (χ4n) is 11.7. The van der Waals surface area contributed by atoms with Crippen molar-refractivity contribution in [3.63, 3.8) is 0 Å². The second-order valence-electron chi connectivity index (χ2n) is 18.7. The Balaban J connectivity index is 0.918. The van der Waals surface area contributed by atoms with Crippen molar-refractivity contribution < 1.29 is 0 Å². The van der Waals surface area contributed by atoms with Crippen molar-refractivity contribution in [2.75, 3.05) is 4.90 Å². The quantitative estimate of drug-likeness (QED) is 0.144. The highest BCUT2D eigenvalue weighted by Gasteiger charge is 2.46. The number of rotatable bonds is 9. The van der Waals surface area contributed by atoms with E-state index >= 15 is 0 Å². The van der Waals surface area contributed by atoms with Gasteiger partial charge in [-0.2, -0.15) is 0 Å². The van der Waals surface area contributed by atoms with Gasteiger partial charge in [-0.05, 0) is 153 Å². The summed E-state index contributed by atoms with van der Waals surface area (Å²) in [5, 5.41) is 3.67. The Kier molecular flexibility index (Phi) is 9.71. The number of benzene rings is 10. The normalized spacial score (nSPS) is 12.6. The number of hydrogen-bond acceptors (Lipinski definition) is 2. The number of anilines is 3. The maximum Gasteiger partial charge on any atom is 0.0714 e. The van der Waals surface area contributed by atoms with Crippen LogP contribution in [0.25, 0.3) is 77.5 Å². The molecular weight excluding hydrogens is 873 g/mol. The van der Waals surface area contributed by atoms with Gasteiger partial charge in [-0.25, -0.2) is 0 Å². The first-order valence-electron chi connectivity index (χ1n) is 24.7. The zero-order valence-electron chi connectivity index (χ0n) is 39.3. The molecule has 0 amide bonds. The molecule has 0 spiro atoms. The van der Waals surface area contributed by atoms with Crippen LogP contribution in [0.1, 0.15) is 22.3 Å². The van der Waals surface area contributed by atoms with Gasteiger partial charge in [0.05, 0.1) is 22.0 Å². The Hall–Kier alpha value is -9.51. The number of nitrogens with zero attached hydrogens (tertiary/aromatic N) is 4. The molecule has 0 unspecified atom stereocenters. The van der Waals surface area contributed by atoms with Crippen LogP contribution in [0, 0.1) is 0 Å². The average molecular weight is 919 g/mol. The highest BCUT2D eigenvalue weighted by molar-refractivity contribution is 6.19. The first-order valence-corrected chi connectivity index (χ1v) is 24.7. The monoisotopic (exact) mass is 918 g/mol. The van der Waals surface area contributed by atoms with Crippen molar-refractivity contribution in [3.05, 3.63) is 302 Å². The maximum absolute atomic E-state index is 4.28. The summed E-state index contributed by atoms with van der Waals surface area (Å²) in [6, 6.07) is 95.5.